The van der Waals surface area contributed by atoms with Gasteiger partial charge in [0.25, 0.3) is 0 Å². The molecule has 0 bridgehead atoms. The monoisotopic (exact) mass is 316 g/mol. The zero-order valence-electron chi connectivity index (χ0n) is 10.3. The Hall–Kier alpha value is -2.02. The summed E-state index contributed by atoms with van der Waals surface area (Å²) in [4.78, 5) is 11.2. The first-order chi connectivity index (χ1) is 9.77. The topological polar surface area (TPSA) is 37.3 Å². The van der Waals surface area contributed by atoms with Crippen LogP contribution in [0.25, 0.3) is 0 Å². The number of halogens is 4. The molecule has 0 saturated carbocycles. The van der Waals surface area contributed by atoms with Gasteiger partial charge in [0, 0.05) is 9.79 Å². The molecule has 1 N–H and O–H groups in total. The van der Waals surface area contributed by atoms with Gasteiger partial charge in [-0.15, -0.1) is 0 Å². The molecule has 0 aliphatic carbocycles. The fraction of sp³-hybridized carbons (Fsp3) is 0.0714. The maximum Gasteiger partial charge on any atom is 0.416 e. The quantitative estimate of drug-likeness (QED) is 0.834. The highest BCUT2D eigenvalue weighted by Crippen LogP contribution is 2.35. The first-order valence-electron chi connectivity index (χ1n) is 5.65. The van der Waals surface area contributed by atoms with Gasteiger partial charge < -0.3 is 5.11 Å². The van der Waals surface area contributed by atoms with Gasteiger partial charge in [-0.05, 0) is 36.4 Å². The predicted octanol–water partition coefficient (Wildman–Crippen LogP) is 4.69. The van der Waals surface area contributed by atoms with Crippen molar-refractivity contribution in [3.8, 4) is 0 Å². The van der Waals surface area contributed by atoms with Crippen molar-refractivity contribution in [1.29, 1.82) is 0 Å². The highest BCUT2D eigenvalue weighted by Gasteiger charge is 2.31. The van der Waals surface area contributed by atoms with Crippen LogP contribution < -0.4 is 0 Å². The van der Waals surface area contributed by atoms with E-state index in [1.807, 2.05) is 0 Å². The minimum atomic E-state index is -4.60. The van der Waals surface area contributed by atoms with E-state index in [4.69, 9.17) is 5.11 Å². The van der Waals surface area contributed by atoms with Gasteiger partial charge in [0.05, 0.1) is 11.1 Å². The van der Waals surface area contributed by atoms with E-state index >= 15 is 0 Å². The highest BCUT2D eigenvalue weighted by molar-refractivity contribution is 7.99. The molecule has 0 heterocycles. The molecule has 0 aromatic heterocycles. The fourth-order valence-electron chi connectivity index (χ4n) is 1.58. The molecule has 0 aliphatic rings. The molecule has 0 saturated heterocycles. The Labute approximate surface area is 121 Å². The average Bonchev–Trinajstić information content (AvgIpc) is 2.40. The lowest BCUT2D eigenvalue weighted by atomic mass is 10.2. The fourth-order valence-corrected chi connectivity index (χ4v) is 2.46. The van der Waals surface area contributed by atoms with Crippen LogP contribution in [0.2, 0.25) is 0 Å². The summed E-state index contributed by atoms with van der Waals surface area (Å²) in [7, 11) is 0. The Morgan fingerprint density at radius 1 is 1.10 bits per heavy atom. The van der Waals surface area contributed by atoms with Crippen molar-refractivity contribution in [3.63, 3.8) is 0 Å². The number of aromatic carboxylic acids is 1. The van der Waals surface area contributed by atoms with E-state index in [2.05, 4.69) is 0 Å². The molecular formula is C14H8F4O2S. The van der Waals surface area contributed by atoms with Crippen molar-refractivity contribution in [1.82, 2.24) is 0 Å². The van der Waals surface area contributed by atoms with Gasteiger partial charge in [0.1, 0.15) is 5.82 Å². The number of rotatable bonds is 3. The lowest BCUT2D eigenvalue weighted by Crippen LogP contribution is -2.05. The molecule has 0 aliphatic heterocycles. The standard InChI is InChI=1S/C14H8F4O2S/c15-11-7-9(14(16,17)18)4-5-12(11)21-10-3-1-2-8(6-10)13(19)20/h1-7H,(H,19,20). The number of carbonyl (C=O) groups is 1. The van der Waals surface area contributed by atoms with Crippen LogP contribution in [-0.2, 0) is 6.18 Å². The summed E-state index contributed by atoms with van der Waals surface area (Å²) in [6, 6.07) is 7.95. The van der Waals surface area contributed by atoms with Gasteiger partial charge in [-0.2, -0.15) is 13.2 Å². The van der Waals surface area contributed by atoms with Gasteiger partial charge in [0.2, 0.25) is 0 Å². The summed E-state index contributed by atoms with van der Waals surface area (Å²) in [6.45, 7) is 0. The minimum absolute atomic E-state index is 0.00876. The van der Waals surface area contributed by atoms with Crippen molar-refractivity contribution in [2.75, 3.05) is 0 Å². The van der Waals surface area contributed by atoms with Crippen LogP contribution in [0.3, 0.4) is 0 Å². The molecular weight excluding hydrogens is 308 g/mol. The number of benzene rings is 2. The molecule has 2 nitrogen and oxygen atoms in total. The molecule has 0 atom stereocenters. The van der Waals surface area contributed by atoms with Crippen molar-refractivity contribution >= 4 is 17.7 Å². The number of alkyl halides is 3. The Kier molecular flexibility index (Phi) is 4.22. The van der Waals surface area contributed by atoms with Gasteiger partial charge in [-0.1, -0.05) is 17.8 Å². The van der Waals surface area contributed by atoms with Crippen molar-refractivity contribution in [3.05, 3.63) is 59.4 Å². The molecule has 2 aromatic rings. The third kappa shape index (κ3) is 3.75. The third-order valence-electron chi connectivity index (χ3n) is 2.57. The first-order valence-corrected chi connectivity index (χ1v) is 6.47. The van der Waals surface area contributed by atoms with E-state index < -0.39 is 23.5 Å². The normalized spacial score (nSPS) is 11.4. The molecule has 0 fully saturated rings. The molecule has 110 valence electrons. The highest BCUT2D eigenvalue weighted by atomic mass is 32.2. The van der Waals surface area contributed by atoms with E-state index in [9.17, 15) is 22.4 Å². The molecule has 0 radical (unpaired) electrons. The summed E-state index contributed by atoms with van der Waals surface area (Å²) >= 11 is 0.859. The Balaban J connectivity index is 2.28. The van der Waals surface area contributed by atoms with Crippen LogP contribution in [-0.4, -0.2) is 11.1 Å². The second-order valence-electron chi connectivity index (χ2n) is 4.08. The van der Waals surface area contributed by atoms with Crippen LogP contribution in [0.1, 0.15) is 15.9 Å². The van der Waals surface area contributed by atoms with Crippen molar-refractivity contribution in [2.45, 2.75) is 16.0 Å². The molecule has 2 rings (SSSR count). The summed E-state index contributed by atoms with van der Waals surface area (Å²) in [5.74, 6) is -2.14. The molecule has 2 aromatic carbocycles. The van der Waals surface area contributed by atoms with Crippen LogP contribution in [0.15, 0.2) is 52.3 Å². The molecule has 0 unspecified atom stereocenters. The zero-order valence-corrected chi connectivity index (χ0v) is 11.1. The molecule has 21 heavy (non-hydrogen) atoms. The van der Waals surface area contributed by atoms with Gasteiger partial charge >= 0.3 is 12.1 Å². The number of hydrogen-bond acceptors (Lipinski definition) is 2. The van der Waals surface area contributed by atoms with E-state index in [0.29, 0.717) is 11.0 Å². The molecule has 7 heteroatoms. The number of carboxylic acid groups (broad SMARTS) is 1. The van der Waals surface area contributed by atoms with Gasteiger partial charge in [0.15, 0.2) is 0 Å². The minimum Gasteiger partial charge on any atom is -0.478 e. The van der Waals surface area contributed by atoms with Gasteiger partial charge in [-0.25, -0.2) is 9.18 Å². The molecule has 0 spiro atoms. The maximum atomic E-state index is 13.7. The summed E-state index contributed by atoms with van der Waals surface area (Å²) in [6.07, 6.45) is -4.60. The van der Waals surface area contributed by atoms with Crippen LogP contribution in [0, 0.1) is 5.82 Å². The Morgan fingerprint density at radius 3 is 2.38 bits per heavy atom. The largest absolute Gasteiger partial charge is 0.478 e. The van der Waals surface area contributed by atoms with Crippen molar-refractivity contribution in [2.24, 2.45) is 0 Å². The lowest BCUT2D eigenvalue weighted by Gasteiger charge is -2.09. The lowest BCUT2D eigenvalue weighted by molar-refractivity contribution is -0.137. The van der Waals surface area contributed by atoms with E-state index in [0.717, 1.165) is 23.9 Å². The summed E-state index contributed by atoms with van der Waals surface area (Å²) < 4.78 is 51.0. The Bertz CT molecular complexity index is 683. The first kappa shape index (κ1) is 15.4. The van der Waals surface area contributed by atoms with Gasteiger partial charge in [-0.3, -0.25) is 0 Å². The van der Waals surface area contributed by atoms with E-state index in [1.165, 1.54) is 18.2 Å². The van der Waals surface area contributed by atoms with Crippen LogP contribution in [0.4, 0.5) is 17.6 Å². The van der Waals surface area contributed by atoms with E-state index in [-0.39, 0.29) is 10.5 Å². The van der Waals surface area contributed by atoms with E-state index in [1.54, 1.807) is 6.07 Å². The number of carboxylic acids is 1. The second kappa shape index (κ2) is 5.77. The van der Waals surface area contributed by atoms with Crippen LogP contribution in [0.5, 0.6) is 0 Å². The summed E-state index contributed by atoms with van der Waals surface area (Å²) in [5.41, 5.74) is -1.05. The van der Waals surface area contributed by atoms with Crippen molar-refractivity contribution < 1.29 is 27.5 Å². The third-order valence-corrected chi connectivity index (χ3v) is 3.61. The second-order valence-corrected chi connectivity index (χ2v) is 5.19. The predicted molar refractivity (Wildman–Crippen MR) is 68.9 cm³/mol. The zero-order chi connectivity index (χ0) is 15.6. The Morgan fingerprint density at radius 2 is 1.81 bits per heavy atom. The smallest absolute Gasteiger partial charge is 0.416 e. The average molecular weight is 316 g/mol. The van der Waals surface area contributed by atoms with Crippen LogP contribution >= 0.6 is 11.8 Å². The summed E-state index contributed by atoms with van der Waals surface area (Å²) in [5, 5.41) is 8.85. The molecule has 0 amide bonds. The SMILES string of the molecule is O=C(O)c1cccc(Sc2ccc(C(F)(F)F)cc2F)c1. The maximum absolute atomic E-state index is 13.7. The number of hydrogen-bond donors (Lipinski definition) is 1.